The second kappa shape index (κ2) is 13.5. The number of aromatic nitrogens is 6. The average Bonchev–Trinajstić information content (AvgIpc) is 3.40. The molecule has 0 radical (unpaired) electrons. The zero-order chi connectivity index (χ0) is 32.8. The number of pyridine rings is 6. The summed E-state index contributed by atoms with van der Waals surface area (Å²) in [6, 6.07) is 40.0. The second-order valence-electron chi connectivity index (χ2n) is 11.3. The maximum atomic E-state index is 4.83. The number of nitrogens with zero attached hydrogens (tertiary/aromatic N) is 6. The lowest BCUT2D eigenvalue weighted by molar-refractivity contribution is 1.25. The molecule has 6 heteroatoms. The molecule has 6 heterocycles. The van der Waals surface area contributed by atoms with E-state index in [-0.39, 0.29) is 0 Å². The Morgan fingerprint density at radius 2 is 0.837 bits per heavy atom. The van der Waals surface area contributed by atoms with Crippen molar-refractivity contribution in [1.82, 2.24) is 29.9 Å². The van der Waals surface area contributed by atoms with Crippen molar-refractivity contribution >= 4 is 22.3 Å². The van der Waals surface area contributed by atoms with Crippen LogP contribution in [0.5, 0.6) is 0 Å². The predicted molar refractivity (Wildman–Crippen MR) is 195 cm³/mol. The highest BCUT2D eigenvalue weighted by atomic mass is 14.7. The lowest BCUT2D eigenvalue weighted by Gasteiger charge is -2.18. The van der Waals surface area contributed by atoms with E-state index in [1.165, 1.54) is 0 Å². The van der Waals surface area contributed by atoms with Crippen molar-refractivity contribution in [3.8, 4) is 33.8 Å². The number of allylic oxidation sites excluding steroid dienone is 5. The van der Waals surface area contributed by atoms with Gasteiger partial charge in [0.25, 0.3) is 0 Å². The van der Waals surface area contributed by atoms with Crippen LogP contribution in [0.3, 0.4) is 0 Å². The fraction of sp³-hybridized carbons (Fsp3) is 0. The van der Waals surface area contributed by atoms with Gasteiger partial charge in [0.1, 0.15) is 0 Å². The standard InChI is InChI=1S/C43H28N6/c1-7-21-44-36(13-1)32-20-19-30(27-33(37-14-2-8-22-45-37)42(32)40-17-5-11-25-48-40)31-28-34(38-15-3-9-23-46-38)43(41-18-6-12-26-49-41)35(29-31)39-16-4-10-24-47-39/h1-18,20-29H. The summed E-state index contributed by atoms with van der Waals surface area (Å²) >= 11 is 0. The van der Waals surface area contributed by atoms with Gasteiger partial charge in [0, 0.05) is 76.2 Å². The smallest absolute Gasteiger partial charge is 0.0715 e. The number of hydrogen-bond donors (Lipinski definition) is 0. The molecule has 0 saturated heterocycles. The second-order valence-corrected chi connectivity index (χ2v) is 11.3. The van der Waals surface area contributed by atoms with E-state index < -0.39 is 0 Å². The fourth-order valence-corrected chi connectivity index (χ4v) is 6.06. The Hall–Kier alpha value is -6.88. The van der Waals surface area contributed by atoms with Gasteiger partial charge in [-0.15, -0.1) is 5.73 Å². The number of rotatable bonds is 7. The largest absolute Gasteiger partial charge is 0.256 e. The third-order valence-corrected chi connectivity index (χ3v) is 8.25. The molecule has 0 fully saturated rings. The molecular formula is C43H28N6. The average molecular weight is 629 g/mol. The first-order valence-corrected chi connectivity index (χ1v) is 15.9. The summed E-state index contributed by atoms with van der Waals surface area (Å²) in [5.41, 5.74) is 15.9. The minimum Gasteiger partial charge on any atom is -0.256 e. The van der Waals surface area contributed by atoms with Crippen LogP contribution in [0.15, 0.2) is 176 Å². The summed E-state index contributed by atoms with van der Waals surface area (Å²) in [7, 11) is 0. The third kappa shape index (κ3) is 6.03. The fourth-order valence-electron chi connectivity index (χ4n) is 6.06. The highest BCUT2D eigenvalue weighted by Gasteiger charge is 2.24. The van der Waals surface area contributed by atoms with Crippen molar-refractivity contribution in [1.29, 1.82) is 0 Å². The van der Waals surface area contributed by atoms with Gasteiger partial charge in [-0.3, -0.25) is 29.9 Å². The van der Waals surface area contributed by atoms with Gasteiger partial charge >= 0.3 is 0 Å². The molecule has 230 valence electrons. The maximum Gasteiger partial charge on any atom is 0.0715 e. The molecule has 0 aliphatic heterocycles. The lowest BCUT2D eigenvalue weighted by atomic mass is 9.87. The predicted octanol–water partition coefficient (Wildman–Crippen LogP) is 9.30. The molecule has 6 aromatic heterocycles. The van der Waals surface area contributed by atoms with Crippen LogP contribution in [0.2, 0.25) is 0 Å². The van der Waals surface area contributed by atoms with Gasteiger partial charge in [-0.05, 0) is 103 Å². The van der Waals surface area contributed by atoms with Crippen molar-refractivity contribution in [3.05, 3.63) is 199 Å². The molecule has 1 aromatic carbocycles. The summed E-state index contributed by atoms with van der Waals surface area (Å²) in [6.07, 6.45) is 15.0. The van der Waals surface area contributed by atoms with E-state index in [4.69, 9.17) is 29.9 Å². The molecular weight excluding hydrogens is 601 g/mol. The van der Waals surface area contributed by atoms with Crippen molar-refractivity contribution in [3.63, 3.8) is 0 Å². The highest BCUT2D eigenvalue weighted by Crippen LogP contribution is 2.43. The van der Waals surface area contributed by atoms with E-state index in [9.17, 15) is 0 Å². The van der Waals surface area contributed by atoms with Crippen molar-refractivity contribution < 1.29 is 0 Å². The topological polar surface area (TPSA) is 77.3 Å². The van der Waals surface area contributed by atoms with E-state index >= 15 is 0 Å². The highest BCUT2D eigenvalue weighted by molar-refractivity contribution is 6.18. The first kappa shape index (κ1) is 29.5. The number of benzene rings is 1. The molecule has 0 spiro atoms. The van der Waals surface area contributed by atoms with Crippen LogP contribution < -0.4 is 0 Å². The Morgan fingerprint density at radius 1 is 0.408 bits per heavy atom. The molecule has 0 saturated carbocycles. The molecule has 7 aromatic rings. The molecule has 1 aliphatic rings. The van der Waals surface area contributed by atoms with Gasteiger partial charge in [0.05, 0.1) is 34.2 Å². The summed E-state index contributed by atoms with van der Waals surface area (Å²) in [6.45, 7) is 0. The van der Waals surface area contributed by atoms with Gasteiger partial charge < -0.3 is 0 Å². The Balaban J connectivity index is 1.45. The van der Waals surface area contributed by atoms with Gasteiger partial charge in [-0.1, -0.05) is 36.4 Å². The molecule has 0 N–H and O–H groups in total. The number of hydrogen-bond acceptors (Lipinski definition) is 6. The minimum absolute atomic E-state index is 0.811. The van der Waals surface area contributed by atoms with Crippen LogP contribution >= 0.6 is 0 Å². The Morgan fingerprint density at radius 3 is 1.31 bits per heavy atom. The molecule has 1 aliphatic carbocycles. The Kier molecular flexibility index (Phi) is 8.11. The van der Waals surface area contributed by atoms with Gasteiger partial charge in [-0.2, -0.15) is 0 Å². The quantitative estimate of drug-likeness (QED) is 0.164. The molecule has 8 rings (SSSR count). The van der Waals surface area contributed by atoms with Crippen LogP contribution in [0.1, 0.15) is 22.6 Å². The van der Waals surface area contributed by atoms with E-state index in [0.717, 1.165) is 78.7 Å². The normalized spacial score (nSPS) is 12.7. The molecule has 0 bridgehead atoms. The third-order valence-electron chi connectivity index (χ3n) is 8.25. The van der Waals surface area contributed by atoms with E-state index in [0.29, 0.717) is 0 Å². The molecule has 0 unspecified atom stereocenters. The maximum absolute atomic E-state index is 4.83. The minimum atomic E-state index is 0.811. The van der Waals surface area contributed by atoms with E-state index in [1.54, 1.807) is 6.20 Å². The first-order chi connectivity index (χ1) is 24.3. The summed E-state index contributed by atoms with van der Waals surface area (Å²) in [4.78, 5) is 28.8. The summed E-state index contributed by atoms with van der Waals surface area (Å²) in [5.74, 6) is 0. The van der Waals surface area contributed by atoms with Gasteiger partial charge in [0.2, 0.25) is 0 Å². The van der Waals surface area contributed by atoms with Crippen LogP contribution in [-0.2, 0) is 0 Å². The van der Waals surface area contributed by atoms with Crippen LogP contribution in [0, 0.1) is 0 Å². The lowest BCUT2D eigenvalue weighted by Crippen LogP contribution is -2.00. The zero-order valence-electron chi connectivity index (χ0n) is 26.3. The summed E-state index contributed by atoms with van der Waals surface area (Å²) in [5, 5.41) is 0. The molecule has 0 atom stereocenters. The van der Waals surface area contributed by atoms with Crippen LogP contribution in [0.4, 0.5) is 0 Å². The monoisotopic (exact) mass is 628 g/mol. The van der Waals surface area contributed by atoms with Crippen LogP contribution in [0.25, 0.3) is 56.1 Å². The van der Waals surface area contributed by atoms with E-state index in [2.05, 4.69) is 23.9 Å². The van der Waals surface area contributed by atoms with Crippen LogP contribution in [-0.4, -0.2) is 29.9 Å². The van der Waals surface area contributed by atoms with Gasteiger partial charge in [0.15, 0.2) is 0 Å². The van der Waals surface area contributed by atoms with Crippen molar-refractivity contribution in [2.75, 3.05) is 0 Å². The van der Waals surface area contributed by atoms with E-state index in [1.807, 2.05) is 146 Å². The SMILES string of the molecule is C1=CC(c2ccccn2)=C(c2ccccn2)C(c2ccccn2)=CC=1c1cc(-c2ccccn2)c(-c2ccccn2)c(-c2ccccn2)c1. The zero-order valence-corrected chi connectivity index (χ0v) is 26.3. The van der Waals surface area contributed by atoms with Crippen molar-refractivity contribution in [2.24, 2.45) is 0 Å². The molecule has 49 heavy (non-hydrogen) atoms. The first-order valence-electron chi connectivity index (χ1n) is 15.9. The molecule has 0 amide bonds. The Bertz CT molecular complexity index is 2310. The summed E-state index contributed by atoms with van der Waals surface area (Å²) < 4.78 is 0. The molecule has 6 nitrogen and oxygen atoms in total. The Labute approximate surface area is 284 Å². The van der Waals surface area contributed by atoms with Crippen molar-refractivity contribution in [2.45, 2.75) is 0 Å². The van der Waals surface area contributed by atoms with Gasteiger partial charge in [-0.25, -0.2) is 0 Å².